The maximum absolute atomic E-state index is 11.6. The molecule has 0 spiro atoms. The molecule has 11 heavy (non-hydrogen) atoms. The number of rotatable bonds is 2. The molecule has 1 aromatic carbocycles. The van der Waals surface area contributed by atoms with Gasteiger partial charge in [0.1, 0.15) is 0 Å². The molecule has 0 heterocycles. The molecule has 0 unspecified atom stereocenters. The lowest BCUT2D eigenvalue weighted by Crippen LogP contribution is -1.78. The molecule has 58 valence electrons. The highest BCUT2D eigenvalue weighted by Gasteiger charge is 1.89. The monoisotopic (exact) mass is 170 g/mol. The van der Waals surface area contributed by atoms with Crippen LogP contribution >= 0.6 is 11.6 Å². The van der Waals surface area contributed by atoms with E-state index in [9.17, 15) is 4.39 Å². The zero-order valence-electron chi connectivity index (χ0n) is 5.93. The largest absolute Gasteiger partial charge is 0.216 e. The second kappa shape index (κ2) is 4.14. The fourth-order valence-corrected chi connectivity index (χ4v) is 1.06. The number of benzene rings is 1. The first-order valence-corrected chi connectivity index (χ1v) is 3.70. The van der Waals surface area contributed by atoms with Crippen LogP contribution in [0, 0.1) is 0 Å². The van der Waals surface area contributed by atoms with Crippen LogP contribution in [0.1, 0.15) is 5.56 Å². The second-order valence-corrected chi connectivity index (χ2v) is 2.63. The van der Waals surface area contributed by atoms with E-state index < -0.39 is 0 Å². The lowest BCUT2D eigenvalue weighted by Gasteiger charge is -1.94. The maximum atomic E-state index is 11.6. The normalized spacial score (nSPS) is 10.7. The molecular formula is C9H8ClF. The third kappa shape index (κ3) is 2.72. The Balaban J connectivity index is 2.71. The summed E-state index contributed by atoms with van der Waals surface area (Å²) in [6.45, 7) is 0. The smallest absolute Gasteiger partial charge is 0.0830 e. The molecule has 0 saturated heterocycles. The number of hydrogen-bond donors (Lipinski definition) is 0. The van der Waals surface area contributed by atoms with Crippen LogP contribution in [0.2, 0.25) is 5.02 Å². The van der Waals surface area contributed by atoms with Gasteiger partial charge in [0.05, 0.1) is 6.33 Å². The minimum Gasteiger partial charge on any atom is -0.216 e. The van der Waals surface area contributed by atoms with Crippen LogP contribution in [0.5, 0.6) is 0 Å². The molecule has 0 saturated carbocycles. The number of hydrogen-bond acceptors (Lipinski definition) is 0. The molecule has 0 nitrogen and oxygen atoms in total. The standard InChI is InChI=1S/C9H8ClF/c10-9-5-1-3-8(7-9)4-2-6-11/h1-3,5-7H,4H2. The average Bonchev–Trinajstić information content (AvgIpc) is 2.01. The molecule has 0 atom stereocenters. The van der Waals surface area contributed by atoms with E-state index in [-0.39, 0.29) is 0 Å². The summed E-state index contributed by atoms with van der Waals surface area (Å²) in [5, 5.41) is 0.690. The molecule has 0 aromatic heterocycles. The lowest BCUT2D eigenvalue weighted by molar-refractivity contribution is 0.716. The third-order valence-corrected chi connectivity index (χ3v) is 1.57. The van der Waals surface area contributed by atoms with Gasteiger partial charge >= 0.3 is 0 Å². The molecule has 1 aromatic rings. The first kappa shape index (κ1) is 8.28. The highest BCUT2D eigenvalue weighted by Crippen LogP contribution is 2.11. The Labute approximate surface area is 70.3 Å². The van der Waals surface area contributed by atoms with Crippen LogP contribution in [-0.2, 0) is 6.42 Å². The van der Waals surface area contributed by atoms with Crippen molar-refractivity contribution in [2.24, 2.45) is 0 Å². The Kier molecular flexibility index (Phi) is 3.12. The van der Waals surface area contributed by atoms with Crippen LogP contribution in [0.25, 0.3) is 0 Å². The van der Waals surface area contributed by atoms with E-state index >= 15 is 0 Å². The molecule has 0 aliphatic carbocycles. The van der Waals surface area contributed by atoms with Gasteiger partial charge in [-0.15, -0.1) is 0 Å². The summed E-state index contributed by atoms with van der Waals surface area (Å²) in [4.78, 5) is 0. The van der Waals surface area contributed by atoms with Crippen molar-refractivity contribution >= 4 is 11.6 Å². The van der Waals surface area contributed by atoms with Crippen molar-refractivity contribution in [1.82, 2.24) is 0 Å². The van der Waals surface area contributed by atoms with Gasteiger partial charge in [-0.3, -0.25) is 0 Å². The predicted octanol–water partition coefficient (Wildman–Crippen LogP) is 3.37. The van der Waals surface area contributed by atoms with Crippen molar-refractivity contribution in [3.63, 3.8) is 0 Å². The van der Waals surface area contributed by atoms with E-state index in [1.54, 1.807) is 6.07 Å². The minimum atomic E-state index is 0.543. The van der Waals surface area contributed by atoms with Crippen LogP contribution in [0.3, 0.4) is 0 Å². The fraction of sp³-hybridized carbons (Fsp3) is 0.111. The van der Waals surface area contributed by atoms with Gasteiger partial charge in [0.2, 0.25) is 0 Å². The van der Waals surface area contributed by atoms with Crippen molar-refractivity contribution in [1.29, 1.82) is 0 Å². The van der Waals surface area contributed by atoms with E-state index in [1.165, 1.54) is 6.08 Å². The first-order valence-electron chi connectivity index (χ1n) is 3.32. The zero-order chi connectivity index (χ0) is 8.10. The summed E-state index contributed by atoms with van der Waals surface area (Å²) in [5.41, 5.74) is 1.02. The summed E-state index contributed by atoms with van der Waals surface area (Å²) in [5.74, 6) is 0. The van der Waals surface area contributed by atoms with Crippen molar-refractivity contribution in [3.8, 4) is 0 Å². The van der Waals surface area contributed by atoms with Gasteiger partial charge in [-0.05, 0) is 24.1 Å². The summed E-state index contributed by atoms with van der Waals surface area (Å²) in [6.07, 6.45) is 2.59. The van der Waals surface area contributed by atoms with E-state index in [1.807, 2.05) is 18.2 Å². The van der Waals surface area contributed by atoms with E-state index in [0.29, 0.717) is 17.8 Å². The number of allylic oxidation sites excluding steroid dienone is 1. The maximum Gasteiger partial charge on any atom is 0.0830 e. The molecule has 0 radical (unpaired) electrons. The average molecular weight is 171 g/mol. The number of halogens is 2. The topological polar surface area (TPSA) is 0 Å². The Hall–Kier alpha value is -0.820. The summed E-state index contributed by atoms with van der Waals surface area (Å²) >= 11 is 5.71. The molecule has 1 rings (SSSR count). The molecule has 0 N–H and O–H groups in total. The van der Waals surface area contributed by atoms with Crippen LogP contribution in [0.15, 0.2) is 36.7 Å². The first-order chi connectivity index (χ1) is 5.33. The summed E-state index contributed by atoms with van der Waals surface area (Å²) in [6, 6.07) is 7.38. The quantitative estimate of drug-likeness (QED) is 0.639. The molecular weight excluding hydrogens is 163 g/mol. The van der Waals surface area contributed by atoms with Crippen LogP contribution in [-0.4, -0.2) is 0 Å². The molecule has 2 heteroatoms. The fourth-order valence-electron chi connectivity index (χ4n) is 0.845. The van der Waals surface area contributed by atoms with Gasteiger partial charge < -0.3 is 0 Å². The Morgan fingerprint density at radius 1 is 1.45 bits per heavy atom. The van der Waals surface area contributed by atoms with Crippen molar-refractivity contribution in [3.05, 3.63) is 47.3 Å². The molecule has 0 bridgehead atoms. The molecule has 0 amide bonds. The van der Waals surface area contributed by atoms with Crippen molar-refractivity contribution < 1.29 is 4.39 Å². The Bertz CT molecular complexity index is 255. The third-order valence-electron chi connectivity index (χ3n) is 1.33. The van der Waals surface area contributed by atoms with E-state index in [2.05, 4.69) is 0 Å². The second-order valence-electron chi connectivity index (χ2n) is 2.20. The highest BCUT2D eigenvalue weighted by atomic mass is 35.5. The lowest BCUT2D eigenvalue weighted by atomic mass is 10.1. The Morgan fingerprint density at radius 2 is 2.27 bits per heavy atom. The van der Waals surface area contributed by atoms with E-state index in [0.717, 1.165) is 5.56 Å². The Morgan fingerprint density at radius 3 is 2.91 bits per heavy atom. The minimum absolute atomic E-state index is 0.543. The molecule has 0 aliphatic heterocycles. The van der Waals surface area contributed by atoms with Gasteiger partial charge in [-0.2, -0.15) is 0 Å². The van der Waals surface area contributed by atoms with Crippen molar-refractivity contribution in [2.45, 2.75) is 6.42 Å². The zero-order valence-corrected chi connectivity index (χ0v) is 6.68. The molecule has 0 aliphatic rings. The molecule has 0 fully saturated rings. The predicted molar refractivity (Wildman–Crippen MR) is 45.4 cm³/mol. The van der Waals surface area contributed by atoms with Gasteiger partial charge in [-0.1, -0.05) is 29.8 Å². The van der Waals surface area contributed by atoms with Gasteiger partial charge in [-0.25, -0.2) is 4.39 Å². The van der Waals surface area contributed by atoms with Crippen molar-refractivity contribution in [2.75, 3.05) is 0 Å². The van der Waals surface area contributed by atoms with Crippen LogP contribution in [0.4, 0.5) is 4.39 Å². The summed E-state index contributed by atoms with van der Waals surface area (Å²) < 4.78 is 11.6. The van der Waals surface area contributed by atoms with Gasteiger partial charge in [0.25, 0.3) is 0 Å². The van der Waals surface area contributed by atoms with Gasteiger partial charge in [0, 0.05) is 5.02 Å². The van der Waals surface area contributed by atoms with E-state index in [4.69, 9.17) is 11.6 Å². The summed E-state index contributed by atoms with van der Waals surface area (Å²) in [7, 11) is 0. The van der Waals surface area contributed by atoms with Gasteiger partial charge in [0.15, 0.2) is 0 Å². The van der Waals surface area contributed by atoms with Crippen LogP contribution < -0.4 is 0 Å². The highest BCUT2D eigenvalue weighted by molar-refractivity contribution is 6.30. The SMILES string of the molecule is FC=CCc1cccc(Cl)c1.